The molecule has 4 heteroatoms. The SMILES string of the molecule is OCc1cc(F)cc(N2CCC(CO)CC2)c1. The fraction of sp³-hybridized carbons (Fsp3) is 0.538. The lowest BCUT2D eigenvalue weighted by atomic mass is 9.97. The van der Waals surface area contributed by atoms with Crippen LogP contribution in [0, 0.1) is 11.7 Å². The van der Waals surface area contributed by atoms with Crippen LogP contribution in [0.25, 0.3) is 0 Å². The Balaban J connectivity index is 2.10. The number of hydrogen-bond donors (Lipinski definition) is 2. The number of aliphatic hydroxyl groups is 2. The van der Waals surface area contributed by atoms with E-state index in [2.05, 4.69) is 4.90 Å². The topological polar surface area (TPSA) is 43.7 Å². The van der Waals surface area contributed by atoms with Crippen molar-refractivity contribution >= 4 is 5.69 Å². The summed E-state index contributed by atoms with van der Waals surface area (Å²) in [6.45, 7) is 1.76. The molecule has 1 aromatic rings. The number of piperidine rings is 1. The van der Waals surface area contributed by atoms with Gasteiger partial charge >= 0.3 is 0 Å². The highest BCUT2D eigenvalue weighted by Crippen LogP contribution is 2.24. The molecule has 1 aromatic carbocycles. The summed E-state index contributed by atoms with van der Waals surface area (Å²) in [4.78, 5) is 2.11. The van der Waals surface area contributed by atoms with Crippen LogP contribution in [0.3, 0.4) is 0 Å². The van der Waals surface area contributed by atoms with Crippen molar-refractivity contribution in [2.24, 2.45) is 5.92 Å². The minimum atomic E-state index is -0.309. The van der Waals surface area contributed by atoms with Crippen LogP contribution in [0.4, 0.5) is 10.1 Å². The van der Waals surface area contributed by atoms with Crippen LogP contribution >= 0.6 is 0 Å². The highest BCUT2D eigenvalue weighted by atomic mass is 19.1. The summed E-state index contributed by atoms with van der Waals surface area (Å²) < 4.78 is 13.3. The van der Waals surface area contributed by atoms with Crippen molar-refractivity contribution < 1.29 is 14.6 Å². The Morgan fingerprint density at radius 3 is 2.47 bits per heavy atom. The molecule has 1 fully saturated rings. The lowest BCUT2D eigenvalue weighted by molar-refractivity contribution is 0.203. The normalized spacial score (nSPS) is 17.5. The maximum absolute atomic E-state index is 13.3. The van der Waals surface area contributed by atoms with Crippen LogP contribution < -0.4 is 4.90 Å². The van der Waals surface area contributed by atoms with E-state index in [9.17, 15) is 4.39 Å². The van der Waals surface area contributed by atoms with E-state index in [1.165, 1.54) is 12.1 Å². The van der Waals surface area contributed by atoms with Crippen molar-refractivity contribution in [1.29, 1.82) is 0 Å². The third kappa shape index (κ3) is 2.96. The first kappa shape index (κ1) is 12.3. The molecule has 0 amide bonds. The Morgan fingerprint density at radius 2 is 1.88 bits per heavy atom. The molecule has 0 bridgehead atoms. The minimum absolute atomic E-state index is 0.141. The Hall–Kier alpha value is -1.13. The Kier molecular flexibility index (Phi) is 3.97. The maximum Gasteiger partial charge on any atom is 0.125 e. The van der Waals surface area contributed by atoms with E-state index in [-0.39, 0.29) is 19.0 Å². The van der Waals surface area contributed by atoms with Gasteiger partial charge in [0.1, 0.15) is 5.82 Å². The number of hydrogen-bond acceptors (Lipinski definition) is 3. The molecule has 2 rings (SSSR count). The van der Waals surface area contributed by atoms with E-state index in [4.69, 9.17) is 10.2 Å². The van der Waals surface area contributed by atoms with E-state index in [1.54, 1.807) is 0 Å². The van der Waals surface area contributed by atoms with Crippen LogP contribution in [0.1, 0.15) is 18.4 Å². The summed E-state index contributed by atoms with van der Waals surface area (Å²) in [6, 6.07) is 4.67. The fourth-order valence-corrected chi connectivity index (χ4v) is 2.28. The zero-order valence-electron chi connectivity index (χ0n) is 9.77. The summed E-state index contributed by atoms with van der Waals surface area (Å²) in [5.41, 5.74) is 1.43. The second kappa shape index (κ2) is 5.47. The standard InChI is InChI=1S/C13H18FNO2/c14-12-5-11(9-17)6-13(7-12)15-3-1-10(8-16)2-4-15/h5-7,10,16-17H,1-4,8-9H2. The van der Waals surface area contributed by atoms with Gasteiger partial charge in [0, 0.05) is 25.4 Å². The van der Waals surface area contributed by atoms with Gasteiger partial charge in [-0.2, -0.15) is 0 Å². The zero-order chi connectivity index (χ0) is 12.3. The molecule has 1 heterocycles. The minimum Gasteiger partial charge on any atom is -0.396 e. The molecule has 0 radical (unpaired) electrons. The smallest absolute Gasteiger partial charge is 0.125 e. The molecule has 1 aliphatic rings. The first-order valence-corrected chi connectivity index (χ1v) is 5.99. The van der Waals surface area contributed by atoms with E-state index < -0.39 is 0 Å². The van der Waals surface area contributed by atoms with E-state index in [0.717, 1.165) is 31.6 Å². The van der Waals surface area contributed by atoms with E-state index in [0.29, 0.717) is 11.5 Å². The number of nitrogens with zero attached hydrogens (tertiary/aromatic N) is 1. The van der Waals surface area contributed by atoms with Gasteiger partial charge in [0.25, 0.3) is 0 Å². The van der Waals surface area contributed by atoms with Crippen molar-refractivity contribution in [3.63, 3.8) is 0 Å². The number of rotatable bonds is 3. The third-order valence-electron chi connectivity index (χ3n) is 3.36. The van der Waals surface area contributed by atoms with Crippen LogP contribution in [-0.4, -0.2) is 29.9 Å². The van der Waals surface area contributed by atoms with Crippen molar-refractivity contribution in [3.05, 3.63) is 29.6 Å². The second-order valence-corrected chi connectivity index (χ2v) is 4.59. The van der Waals surface area contributed by atoms with Crippen molar-refractivity contribution in [2.45, 2.75) is 19.4 Å². The summed E-state index contributed by atoms with van der Waals surface area (Å²) in [5, 5.41) is 18.1. The Morgan fingerprint density at radius 1 is 1.18 bits per heavy atom. The maximum atomic E-state index is 13.3. The molecule has 0 unspecified atom stereocenters. The summed E-state index contributed by atoms with van der Waals surface area (Å²) in [6.07, 6.45) is 1.86. The molecule has 0 spiro atoms. The molecular weight excluding hydrogens is 221 g/mol. The summed E-state index contributed by atoms with van der Waals surface area (Å²) >= 11 is 0. The average Bonchev–Trinajstić information content (AvgIpc) is 2.38. The van der Waals surface area contributed by atoms with Gasteiger partial charge < -0.3 is 15.1 Å². The van der Waals surface area contributed by atoms with Gasteiger partial charge in [0.15, 0.2) is 0 Å². The monoisotopic (exact) mass is 239 g/mol. The molecule has 2 N–H and O–H groups in total. The zero-order valence-corrected chi connectivity index (χ0v) is 9.77. The second-order valence-electron chi connectivity index (χ2n) is 4.59. The van der Waals surface area contributed by atoms with E-state index >= 15 is 0 Å². The third-order valence-corrected chi connectivity index (χ3v) is 3.36. The van der Waals surface area contributed by atoms with Gasteiger partial charge in [-0.15, -0.1) is 0 Å². The molecule has 0 aromatic heterocycles. The summed E-state index contributed by atoms with van der Waals surface area (Å²) in [5.74, 6) is 0.0629. The van der Waals surface area contributed by atoms with Crippen molar-refractivity contribution in [2.75, 3.05) is 24.6 Å². The molecule has 94 valence electrons. The molecule has 0 atom stereocenters. The van der Waals surface area contributed by atoms with Crippen molar-refractivity contribution in [1.82, 2.24) is 0 Å². The number of benzene rings is 1. The molecule has 1 saturated heterocycles. The highest BCUT2D eigenvalue weighted by molar-refractivity contribution is 5.49. The molecule has 3 nitrogen and oxygen atoms in total. The molecular formula is C13H18FNO2. The van der Waals surface area contributed by atoms with Crippen LogP contribution in [-0.2, 0) is 6.61 Å². The average molecular weight is 239 g/mol. The first-order chi connectivity index (χ1) is 8.22. The van der Waals surface area contributed by atoms with Gasteiger partial charge in [0.2, 0.25) is 0 Å². The van der Waals surface area contributed by atoms with Crippen LogP contribution in [0.2, 0.25) is 0 Å². The Labute approximate surface area is 100 Å². The van der Waals surface area contributed by atoms with Gasteiger partial charge in [-0.05, 0) is 42.5 Å². The van der Waals surface area contributed by atoms with E-state index in [1.807, 2.05) is 6.07 Å². The number of anilines is 1. The summed E-state index contributed by atoms with van der Waals surface area (Å²) in [7, 11) is 0. The van der Waals surface area contributed by atoms with Gasteiger partial charge in [0.05, 0.1) is 6.61 Å². The largest absolute Gasteiger partial charge is 0.396 e. The quantitative estimate of drug-likeness (QED) is 0.840. The first-order valence-electron chi connectivity index (χ1n) is 5.99. The molecule has 0 aliphatic carbocycles. The Bertz CT molecular complexity index is 376. The fourth-order valence-electron chi connectivity index (χ4n) is 2.28. The number of aliphatic hydroxyl groups excluding tert-OH is 2. The lowest BCUT2D eigenvalue weighted by Crippen LogP contribution is -2.34. The van der Waals surface area contributed by atoms with Crippen LogP contribution in [0.5, 0.6) is 0 Å². The predicted octanol–water partition coefficient (Wildman–Crippen LogP) is 1.53. The lowest BCUT2D eigenvalue weighted by Gasteiger charge is -2.33. The van der Waals surface area contributed by atoms with Gasteiger partial charge in [-0.3, -0.25) is 0 Å². The van der Waals surface area contributed by atoms with Crippen molar-refractivity contribution in [3.8, 4) is 0 Å². The van der Waals surface area contributed by atoms with Gasteiger partial charge in [-0.1, -0.05) is 0 Å². The number of halogens is 1. The highest BCUT2D eigenvalue weighted by Gasteiger charge is 2.19. The van der Waals surface area contributed by atoms with Crippen LogP contribution in [0.15, 0.2) is 18.2 Å². The van der Waals surface area contributed by atoms with Gasteiger partial charge in [-0.25, -0.2) is 4.39 Å². The molecule has 1 aliphatic heterocycles. The molecule has 0 saturated carbocycles. The molecule has 17 heavy (non-hydrogen) atoms. The predicted molar refractivity (Wildman–Crippen MR) is 64.3 cm³/mol.